The van der Waals surface area contributed by atoms with Gasteiger partial charge in [-0.15, -0.1) is 0 Å². The van der Waals surface area contributed by atoms with Gasteiger partial charge in [-0.3, -0.25) is 4.79 Å². The molecule has 0 heterocycles. The molecular weight excluding hydrogens is 196 g/mol. The summed E-state index contributed by atoms with van der Waals surface area (Å²) in [4.78, 5) is 12.1. The van der Waals surface area contributed by atoms with Gasteiger partial charge in [-0.1, -0.05) is 40.0 Å². The molecule has 0 spiro atoms. The van der Waals surface area contributed by atoms with E-state index in [0.29, 0.717) is 17.6 Å². The van der Waals surface area contributed by atoms with Crippen molar-refractivity contribution in [2.45, 2.75) is 72.1 Å². The fraction of sp³-hybridized carbons (Fsp3) is 0.933. The third-order valence-corrected chi connectivity index (χ3v) is 4.21. The van der Waals surface area contributed by atoms with Crippen LogP contribution in [0, 0.1) is 17.8 Å². The predicted molar refractivity (Wildman–Crippen MR) is 69.4 cm³/mol. The van der Waals surface area contributed by atoms with Gasteiger partial charge >= 0.3 is 0 Å². The number of carbonyl (C=O) groups excluding carboxylic acids is 1. The lowest BCUT2D eigenvalue weighted by Crippen LogP contribution is -2.23. The Morgan fingerprint density at radius 2 is 1.81 bits per heavy atom. The Labute approximate surface area is 101 Å². The molecule has 0 N–H and O–H groups in total. The summed E-state index contributed by atoms with van der Waals surface area (Å²) >= 11 is 0. The maximum Gasteiger partial charge on any atom is 0.136 e. The first-order valence-electron chi connectivity index (χ1n) is 7.20. The largest absolute Gasteiger partial charge is 0.299 e. The van der Waals surface area contributed by atoms with Gasteiger partial charge in [0.05, 0.1) is 0 Å². The highest BCUT2D eigenvalue weighted by molar-refractivity contribution is 5.81. The SMILES string of the molecule is CCCC(C)CC(=O)C1CCC(CC)CC1. The Morgan fingerprint density at radius 3 is 2.31 bits per heavy atom. The fourth-order valence-electron chi connectivity index (χ4n) is 3.00. The lowest BCUT2D eigenvalue weighted by atomic mass is 9.77. The second-order valence-corrected chi connectivity index (χ2v) is 5.69. The van der Waals surface area contributed by atoms with Crippen LogP contribution in [0.15, 0.2) is 0 Å². The van der Waals surface area contributed by atoms with Gasteiger partial charge < -0.3 is 0 Å². The fourth-order valence-corrected chi connectivity index (χ4v) is 3.00. The summed E-state index contributed by atoms with van der Waals surface area (Å²) in [6, 6.07) is 0. The summed E-state index contributed by atoms with van der Waals surface area (Å²) in [7, 11) is 0. The van der Waals surface area contributed by atoms with Crippen LogP contribution in [0.1, 0.15) is 72.1 Å². The second-order valence-electron chi connectivity index (χ2n) is 5.69. The molecule has 1 nitrogen and oxygen atoms in total. The van der Waals surface area contributed by atoms with Crippen molar-refractivity contribution in [2.75, 3.05) is 0 Å². The topological polar surface area (TPSA) is 17.1 Å². The minimum Gasteiger partial charge on any atom is -0.299 e. The highest BCUT2D eigenvalue weighted by Gasteiger charge is 2.25. The Morgan fingerprint density at radius 1 is 1.19 bits per heavy atom. The molecule has 0 bridgehead atoms. The maximum absolute atomic E-state index is 12.1. The molecule has 1 heteroatoms. The zero-order valence-corrected chi connectivity index (χ0v) is 11.3. The molecule has 0 saturated heterocycles. The molecule has 1 saturated carbocycles. The Balaban J connectivity index is 2.27. The van der Waals surface area contributed by atoms with E-state index in [0.717, 1.165) is 25.2 Å². The molecule has 1 fully saturated rings. The number of rotatable bonds is 6. The normalized spacial score (nSPS) is 27.7. The van der Waals surface area contributed by atoms with Crippen molar-refractivity contribution in [3.8, 4) is 0 Å². The van der Waals surface area contributed by atoms with E-state index in [9.17, 15) is 4.79 Å². The minimum absolute atomic E-state index is 0.405. The zero-order valence-electron chi connectivity index (χ0n) is 11.3. The highest BCUT2D eigenvalue weighted by Crippen LogP contribution is 2.32. The van der Waals surface area contributed by atoms with Gasteiger partial charge in [-0.25, -0.2) is 0 Å². The highest BCUT2D eigenvalue weighted by atomic mass is 16.1. The van der Waals surface area contributed by atoms with Crippen LogP contribution in [-0.4, -0.2) is 5.78 Å². The number of carbonyl (C=O) groups is 1. The Hall–Kier alpha value is -0.330. The summed E-state index contributed by atoms with van der Waals surface area (Å²) in [5.74, 6) is 2.45. The van der Waals surface area contributed by atoms with Crippen molar-refractivity contribution in [3.63, 3.8) is 0 Å². The number of hydrogen-bond acceptors (Lipinski definition) is 1. The molecule has 1 aliphatic rings. The second kappa shape index (κ2) is 7.09. The van der Waals surface area contributed by atoms with Gasteiger partial charge in [0.15, 0.2) is 0 Å². The minimum atomic E-state index is 0.405. The summed E-state index contributed by atoms with van der Waals surface area (Å²) < 4.78 is 0. The molecule has 0 aromatic rings. The first kappa shape index (κ1) is 13.7. The molecule has 1 rings (SSSR count). The van der Waals surface area contributed by atoms with Crippen LogP contribution in [0.2, 0.25) is 0 Å². The first-order valence-corrected chi connectivity index (χ1v) is 7.20. The van der Waals surface area contributed by atoms with Gasteiger partial charge in [0.25, 0.3) is 0 Å². The van der Waals surface area contributed by atoms with Gasteiger partial charge in [0.2, 0.25) is 0 Å². The number of Topliss-reactive ketones (excluding diaryl/α,β-unsaturated/α-hetero) is 1. The molecule has 0 aliphatic heterocycles. The van der Waals surface area contributed by atoms with Crippen LogP contribution >= 0.6 is 0 Å². The standard InChI is InChI=1S/C15H28O/c1-4-6-12(3)11-15(16)14-9-7-13(5-2)8-10-14/h12-14H,4-11H2,1-3H3. The van der Waals surface area contributed by atoms with E-state index in [2.05, 4.69) is 20.8 Å². The van der Waals surface area contributed by atoms with Crippen molar-refractivity contribution in [1.82, 2.24) is 0 Å². The lowest BCUT2D eigenvalue weighted by molar-refractivity contribution is -0.124. The molecule has 0 aromatic carbocycles. The van der Waals surface area contributed by atoms with Crippen LogP contribution < -0.4 is 0 Å². The molecule has 0 radical (unpaired) electrons. The number of hydrogen-bond donors (Lipinski definition) is 0. The van der Waals surface area contributed by atoms with Crippen LogP contribution in [-0.2, 0) is 4.79 Å². The third kappa shape index (κ3) is 4.27. The van der Waals surface area contributed by atoms with Crippen molar-refractivity contribution in [2.24, 2.45) is 17.8 Å². The van der Waals surface area contributed by atoms with E-state index >= 15 is 0 Å². The van der Waals surface area contributed by atoms with Gasteiger partial charge in [0, 0.05) is 12.3 Å². The quantitative estimate of drug-likeness (QED) is 0.644. The summed E-state index contributed by atoms with van der Waals surface area (Å²) in [6.07, 6.45) is 9.44. The van der Waals surface area contributed by atoms with E-state index in [-0.39, 0.29) is 0 Å². The molecule has 1 aliphatic carbocycles. The van der Waals surface area contributed by atoms with E-state index in [1.165, 1.54) is 32.1 Å². The molecule has 94 valence electrons. The summed E-state index contributed by atoms with van der Waals surface area (Å²) in [6.45, 7) is 6.70. The molecule has 1 unspecified atom stereocenters. The van der Waals surface area contributed by atoms with Crippen molar-refractivity contribution in [3.05, 3.63) is 0 Å². The maximum atomic E-state index is 12.1. The van der Waals surface area contributed by atoms with E-state index in [1.807, 2.05) is 0 Å². The Bertz CT molecular complexity index is 201. The first-order chi connectivity index (χ1) is 7.67. The summed E-state index contributed by atoms with van der Waals surface area (Å²) in [5, 5.41) is 0. The predicted octanol–water partition coefficient (Wildman–Crippen LogP) is 4.60. The molecular formula is C15H28O. The van der Waals surface area contributed by atoms with Crippen LogP contribution in [0.4, 0.5) is 0 Å². The smallest absolute Gasteiger partial charge is 0.136 e. The van der Waals surface area contributed by atoms with E-state index in [1.54, 1.807) is 0 Å². The van der Waals surface area contributed by atoms with Crippen LogP contribution in [0.25, 0.3) is 0 Å². The molecule has 1 atom stereocenters. The monoisotopic (exact) mass is 224 g/mol. The van der Waals surface area contributed by atoms with Crippen molar-refractivity contribution in [1.29, 1.82) is 0 Å². The van der Waals surface area contributed by atoms with Gasteiger partial charge in [0.1, 0.15) is 5.78 Å². The molecule has 0 amide bonds. The zero-order chi connectivity index (χ0) is 12.0. The molecule has 0 aromatic heterocycles. The van der Waals surface area contributed by atoms with Crippen LogP contribution in [0.5, 0.6) is 0 Å². The van der Waals surface area contributed by atoms with Crippen LogP contribution in [0.3, 0.4) is 0 Å². The Kier molecular flexibility index (Phi) is 6.08. The third-order valence-electron chi connectivity index (χ3n) is 4.21. The van der Waals surface area contributed by atoms with E-state index in [4.69, 9.17) is 0 Å². The molecule has 16 heavy (non-hydrogen) atoms. The number of ketones is 1. The van der Waals surface area contributed by atoms with E-state index < -0.39 is 0 Å². The van der Waals surface area contributed by atoms with Gasteiger partial charge in [-0.05, 0) is 37.5 Å². The average Bonchev–Trinajstić information content (AvgIpc) is 2.29. The van der Waals surface area contributed by atoms with Gasteiger partial charge in [-0.2, -0.15) is 0 Å². The van der Waals surface area contributed by atoms with Crippen molar-refractivity contribution < 1.29 is 4.79 Å². The average molecular weight is 224 g/mol. The van der Waals surface area contributed by atoms with Crippen molar-refractivity contribution >= 4 is 5.78 Å². The lowest BCUT2D eigenvalue weighted by Gasteiger charge is -2.27. The summed E-state index contributed by atoms with van der Waals surface area (Å²) in [5.41, 5.74) is 0.